The van der Waals surface area contributed by atoms with E-state index >= 15 is 0 Å². The van der Waals surface area contributed by atoms with Crippen molar-refractivity contribution >= 4 is 23.1 Å². The lowest BCUT2D eigenvalue weighted by atomic mass is 10.1. The van der Waals surface area contributed by atoms with Crippen molar-refractivity contribution in [3.63, 3.8) is 0 Å². The van der Waals surface area contributed by atoms with E-state index in [1.165, 1.54) is 17.0 Å². The minimum Gasteiger partial charge on any atom is -0.336 e. The van der Waals surface area contributed by atoms with Crippen molar-refractivity contribution in [2.75, 3.05) is 11.4 Å². The smallest absolute Gasteiger partial charge is 0.299 e. The molecule has 0 saturated heterocycles. The highest BCUT2D eigenvalue weighted by molar-refractivity contribution is 6.52. The largest absolute Gasteiger partial charge is 0.336 e. The fraction of sp³-hybridized carbons (Fsp3) is 0.154. The molecule has 2 heterocycles. The maximum Gasteiger partial charge on any atom is 0.299 e. The number of nitro groups is 1. The molecule has 0 aliphatic carbocycles. The zero-order chi connectivity index (χ0) is 15.0. The molecule has 1 aliphatic heterocycles. The van der Waals surface area contributed by atoms with E-state index in [1.54, 1.807) is 23.3 Å². The van der Waals surface area contributed by atoms with Crippen molar-refractivity contribution in [2.45, 2.75) is 6.54 Å². The number of carbonyl (C=O) groups is 2. The van der Waals surface area contributed by atoms with E-state index in [9.17, 15) is 19.7 Å². The summed E-state index contributed by atoms with van der Waals surface area (Å²) in [4.78, 5) is 39.3. The van der Waals surface area contributed by atoms with Gasteiger partial charge in [0.25, 0.3) is 17.4 Å². The van der Waals surface area contributed by atoms with E-state index in [0.29, 0.717) is 18.8 Å². The number of carbonyl (C=O) groups excluding carboxylic acids is 2. The SMILES string of the molecule is O=C1C(=O)N(CCn2ccnc2)c2ccc([N+](=O)[O-])cc21. The summed E-state index contributed by atoms with van der Waals surface area (Å²) in [6.07, 6.45) is 4.98. The molecule has 0 atom stereocenters. The lowest BCUT2D eigenvalue weighted by molar-refractivity contribution is -0.384. The van der Waals surface area contributed by atoms with Gasteiger partial charge in [0.1, 0.15) is 0 Å². The molecule has 1 aliphatic rings. The standard InChI is InChI=1S/C13H10N4O4/c18-12-10-7-9(17(20)21)1-2-11(10)16(13(12)19)6-5-15-4-3-14-8-15/h1-4,7-8H,5-6H2. The lowest BCUT2D eigenvalue weighted by Gasteiger charge is -2.16. The molecule has 8 heteroatoms. The predicted molar refractivity (Wildman–Crippen MR) is 72.0 cm³/mol. The molecule has 21 heavy (non-hydrogen) atoms. The lowest BCUT2D eigenvalue weighted by Crippen LogP contribution is -2.32. The first-order valence-corrected chi connectivity index (χ1v) is 6.18. The topological polar surface area (TPSA) is 98.3 Å². The number of hydrogen-bond donors (Lipinski definition) is 0. The van der Waals surface area contributed by atoms with Gasteiger partial charge in [-0.1, -0.05) is 0 Å². The molecule has 0 radical (unpaired) electrons. The third-order valence-electron chi connectivity index (χ3n) is 3.31. The zero-order valence-electron chi connectivity index (χ0n) is 10.8. The number of nitro benzene ring substituents is 1. The molecule has 2 aromatic rings. The molecule has 0 fully saturated rings. The van der Waals surface area contributed by atoms with E-state index in [1.807, 2.05) is 0 Å². The Kier molecular flexibility index (Phi) is 2.98. The van der Waals surface area contributed by atoms with Crippen LogP contribution in [0.2, 0.25) is 0 Å². The van der Waals surface area contributed by atoms with Gasteiger partial charge in [0, 0.05) is 37.6 Å². The fourth-order valence-corrected chi connectivity index (χ4v) is 2.26. The summed E-state index contributed by atoms with van der Waals surface area (Å²) >= 11 is 0. The van der Waals surface area contributed by atoms with Crippen molar-refractivity contribution in [2.24, 2.45) is 0 Å². The summed E-state index contributed by atoms with van der Waals surface area (Å²) < 4.78 is 1.78. The van der Waals surface area contributed by atoms with Gasteiger partial charge in [-0.15, -0.1) is 0 Å². The molecule has 106 valence electrons. The Morgan fingerprint density at radius 2 is 2.05 bits per heavy atom. The number of anilines is 1. The van der Waals surface area contributed by atoms with Crippen LogP contribution in [-0.2, 0) is 11.3 Å². The summed E-state index contributed by atoms with van der Waals surface area (Å²) in [6.45, 7) is 0.779. The van der Waals surface area contributed by atoms with Crippen LogP contribution >= 0.6 is 0 Å². The average molecular weight is 286 g/mol. The number of imidazole rings is 1. The molecule has 0 bridgehead atoms. The first-order chi connectivity index (χ1) is 10.1. The van der Waals surface area contributed by atoms with Gasteiger partial charge in [0.2, 0.25) is 0 Å². The van der Waals surface area contributed by atoms with E-state index in [4.69, 9.17) is 0 Å². The number of rotatable bonds is 4. The normalized spacial score (nSPS) is 13.6. The second-order valence-corrected chi connectivity index (χ2v) is 4.54. The van der Waals surface area contributed by atoms with Crippen molar-refractivity contribution in [1.82, 2.24) is 9.55 Å². The Labute approximate surface area is 118 Å². The van der Waals surface area contributed by atoms with Crippen molar-refractivity contribution in [1.29, 1.82) is 0 Å². The van der Waals surface area contributed by atoms with Crippen molar-refractivity contribution < 1.29 is 14.5 Å². The van der Waals surface area contributed by atoms with Crippen molar-refractivity contribution in [3.8, 4) is 0 Å². The predicted octanol–water partition coefficient (Wildman–Crippen LogP) is 1.02. The third-order valence-corrected chi connectivity index (χ3v) is 3.31. The molecule has 0 N–H and O–H groups in total. The zero-order valence-corrected chi connectivity index (χ0v) is 10.8. The number of hydrogen-bond acceptors (Lipinski definition) is 5. The molecular weight excluding hydrogens is 276 g/mol. The summed E-state index contributed by atoms with van der Waals surface area (Å²) in [7, 11) is 0. The Balaban J connectivity index is 1.89. The number of benzene rings is 1. The van der Waals surface area contributed by atoms with Crippen LogP contribution in [-0.4, -0.2) is 32.7 Å². The minimum atomic E-state index is -0.709. The molecule has 8 nitrogen and oxygen atoms in total. The Morgan fingerprint density at radius 3 is 2.71 bits per heavy atom. The van der Waals surface area contributed by atoms with E-state index in [2.05, 4.69) is 4.98 Å². The van der Waals surface area contributed by atoms with E-state index < -0.39 is 16.6 Å². The highest BCUT2D eigenvalue weighted by Crippen LogP contribution is 2.31. The Hall–Kier alpha value is -3.03. The second-order valence-electron chi connectivity index (χ2n) is 4.54. The summed E-state index contributed by atoms with van der Waals surface area (Å²) in [5, 5.41) is 10.7. The molecule has 0 saturated carbocycles. The number of amides is 1. The number of fused-ring (bicyclic) bond motifs is 1. The minimum absolute atomic E-state index is 0.0832. The number of nitrogens with zero attached hydrogens (tertiary/aromatic N) is 4. The van der Waals surface area contributed by atoms with Crippen LogP contribution in [0.3, 0.4) is 0 Å². The monoisotopic (exact) mass is 286 g/mol. The molecule has 0 unspecified atom stereocenters. The van der Waals surface area contributed by atoms with Crippen molar-refractivity contribution in [3.05, 3.63) is 52.6 Å². The summed E-state index contributed by atoms with van der Waals surface area (Å²) in [6, 6.07) is 3.87. The molecule has 0 spiro atoms. The van der Waals surface area contributed by atoms with Crippen LogP contribution in [0.5, 0.6) is 0 Å². The van der Waals surface area contributed by atoms with Gasteiger partial charge in [0.15, 0.2) is 0 Å². The average Bonchev–Trinajstić information content (AvgIpc) is 3.06. The fourth-order valence-electron chi connectivity index (χ4n) is 2.26. The first kappa shape index (κ1) is 13.0. The van der Waals surface area contributed by atoms with Gasteiger partial charge < -0.3 is 9.47 Å². The van der Waals surface area contributed by atoms with E-state index in [-0.39, 0.29) is 11.3 Å². The van der Waals surface area contributed by atoms with Crippen LogP contribution in [0.15, 0.2) is 36.9 Å². The molecular formula is C13H10N4O4. The summed E-state index contributed by atoms with van der Waals surface area (Å²) in [5.41, 5.74) is 0.293. The maximum absolute atomic E-state index is 12.0. The number of aromatic nitrogens is 2. The Morgan fingerprint density at radius 1 is 1.24 bits per heavy atom. The van der Waals surface area contributed by atoms with Crippen LogP contribution in [0.1, 0.15) is 10.4 Å². The number of Topliss-reactive ketones (excluding diaryl/α,β-unsaturated/α-hetero) is 1. The molecule has 1 aromatic heterocycles. The first-order valence-electron chi connectivity index (χ1n) is 6.18. The van der Waals surface area contributed by atoms with Gasteiger partial charge in [-0.2, -0.15) is 0 Å². The van der Waals surface area contributed by atoms with Gasteiger partial charge in [-0.05, 0) is 6.07 Å². The van der Waals surface area contributed by atoms with E-state index in [0.717, 1.165) is 6.07 Å². The highest BCUT2D eigenvalue weighted by Gasteiger charge is 2.36. The van der Waals surface area contributed by atoms with Gasteiger partial charge in [0.05, 0.1) is 22.5 Å². The number of non-ortho nitro benzene ring substituents is 1. The van der Waals surface area contributed by atoms with Gasteiger partial charge in [-0.25, -0.2) is 4.98 Å². The maximum atomic E-state index is 12.0. The Bertz CT molecular complexity index is 739. The molecule has 1 aromatic carbocycles. The van der Waals surface area contributed by atoms with Crippen LogP contribution in [0.4, 0.5) is 11.4 Å². The quantitative estimate of drug-likeness (QED) is 0.474. The third kappa shape index (κ3) is 2.16. The molecule has 3 rings (SSSR count). The molecule has 1 amide bonds. The van der Waals surface area contributed by atoms with Crippen LogP contribution in [0, 0.1) is 10.1 Å². The highest BCUT2D eigenvalue weighted by atomic mass is 16.6. The number of ketones is 1. The van der Waals surface area contributed by atoms with Crippen LogP contribution < -0.4 is 4.90 Å². The summed E-state index contributed by atoms with van der Waals surface area (Å²) in [5.74, 6) is -1.37. The van der Waals surface area contributed by atoms with Crippen LogP contribution in [0.25, 0.3) is 0 Å². The van der Waals surface area contributed by atoms with Gasteiger partial charge in [-0.3, -0.25) is 19.7 Å². The second kappa shape index (κ2) is 4.82. The van der Waals surface area contributed by atoms with Gasteiger partial charge >= 0.3 is 0 Å².